The summed E-state index contributed by atoms with van der Waals surface area (Å²) in [4.78, 5) is 19.8. The number of benzene rings is 1. The molecule has 2 rings (SSSR count). The molecule has 0 saturated heterocycles. The topological polar surface area (TPSA) is 90.7 Å². The van der Waals surface area contributed by atoms with Gasteiger partial charge in [-0.3, -0.25) is 4.79 Å². The third kappa shape index (κ3) is 4.75. The van der Waals surface area contributed by atoms with Gasteiger partial charge in [-0.15, -0.1) is 11.8 Å². The molecule has 0 aliphatic heterocycles. The maximum Gasteiger partial charge on any atom is 0.228 e. The second kappa shape index (κ2) is 8.00. The van der Waals surface area contributed by atoms with Crippen molar-refractivity contribution in [2.45, 2.75) is 11.4 Å². The monoisotopic (exact) mass is 313 g/mol. The summed E-state index contributed by atoms with van der Waals surface area (Å²) in [6.07, 6.45) is 3.57. The Labute approximate surface area is 133 Å². The number of Topliss-reactive ketones (excluding diaryl/α,β-unsaturated/α-hetero) is 1. The number of nitriles is 1. The molecule has 1 aromatic carbocycles. The molecule has 0 aliphatic rings. The lowest BCUT2D eigenvalue weighted by molar-refractivity contribution is -0.116. The van der Waals surface area contributed by atoms with Crippen LogP contribution in [-0.4, -0.2) is 28.6 Å². The molecule has 112 valence electrons. The van der Waals surface area contributed by atoms with Gasteiger partial charge < -0.3 is 10.6 Å². The van der Waals surface area contributed by atoms with E-state index in [9.17, 15) is 4.79 Å². The summed E-state index contributed by atoms with van der Waals surface area (Å²) in [5, 5.41) is 15.5. The van der Waals surface area contributed by atoms with Gasteiger partial charge in [-0.2, -0.15) is 5.26 Å². The van der Waals surface area contributed by atoms with Gasteiger partial charge in [-0.05, 0) is 30.5 Å². The molecular weight excluding hydrogens is 298 g/mol. The summed E-state index contributed by atoms with van der Waals surface area (Å²) in [7, 11) is 0. The van der Waals surface area contributed by atoms with E-state index in [0.717, 1.165) is 16.4 Å². The SMILES string of the molecule is CSc1ccnc(Nc2cccc(NCC(=O)CC#N)c2)n1. The number of nitrogens with one attached hydrogen (secondary N) is 2. The number of hydrogen-bond acceptors (Lipinski definition) is 7. The number of carbonyl (C=O) groups is 1. The summed E-state index contributed by atoms with van der Waals surface area (Å²) >= 11 is 1.55. The summed E-state index contributed by atoms with van der Waals surface area (Å²) in [5.41, 5.74) is 1.60. The Morgan fingerprint density at radius 2 is 2.18 bits per heavy atom. The first-order chi connectivity index (χ1) is 10.7. The smallest absolute Gasteiger partial charge is 0.228 e. The van der Waals surface area contributed by atoms with Crippen LogP contribution < -0.4 is 10.6 Å². The molecule has 0 saturated carbocycles. The van der Waals surface area contributed by atoms with Crippen molar-refractivity contribution in [2.24, 2.45) is 0 Å². The van der Waals surface area contributed by atoms with Gasteiger partial charge in [-0.25, -0.2) is 9.97 Å². The highest BCUT2D eigenvalue weighted by Gasteiger charge is 2.03. The first kappa shape index (κ1) is 15.8. The Hall–Kier alpha value is -2.59. The maximum atomic E-state index is 11.3. The van der Waals surface area contributed by atoms with Crippen molar-refractivity contribution in [3.05, 3.63) is 36.5 Å². The third-order valence-corrected chi connectivity index (χ3v) is 3.37. The number of hydrogen-bond donors (Lipinski definition) is 2. The van der Waals surface area contributed by atoms with Crippen molar-refractivity contribution in [3.8, 4) is 6.07 Å². The minimum absolute atomic E-state index is 0.0831. The molecule has 0 spiro atoms. The summed E-state index contributed by atoms with van der Waals surface area (Å²) < 4.78 is 0. The molecular formula is C15H15N5OS. The quantitative estimate of drug-likeness (QED) is 0.600. The van der Waals surface area contributed by atoms with Gasteiger partial charge in [0.25, 0.3) is 0 Å². The van der Waals surface area contributed by atoms with E-state index in [2.05, 4.69) is 20.6 Å². The summed E-state index contributed by atoms with van der Waals surface area (Å²) in [6.45, 7) is 0.134. The fraction of sp³-hybridized carbons (Fsp3) is 0.200. The first-order valence-electron chi connectivity index (χ1n) is 6.58. The van der Waals surface area contributed by atoms with E-state index in [1.54, 1.807) is 18.0 Å². The molecule has 0 unspecified atom stereocenters. The van der Waals surface area contributed by atoms with E-state index in [0.29, 0.717) is 5.95 Å². The Kier molecular flexibility index (Phi) is 5.74. The highest BCUT2D eigenvalue weighted by atomic mass is 32.2. The molecule has 1 heterocycles. The average molecular weight is 313 g/mol. The van der Waals surface area contributed by atoms with Gasteiger partial charge in [0.05, 0.1) is 19.0 Å². The van der Waals surface area contributed by atoms with Crippen LogP contribution in [0.25, 0.3) is 0 Å². The van der Waals surface area contributed by atoms with E-state index in [4.69, 9.17) is 5.26 Å². The number of nitrogens with zero attached hydrogens (tertiary/aromatic N) is 3. The minimum atomic E-state index is -0.142. The van der Waals surface area contributed by atoms with Crippen LogP contribution in [0.4, 0.5) is 17.3 Å². The molecule has 6 nitrogen and oxygen atoms in total. The second-order valence-electron chi connectivity index (χ2n) is 4.36. The van der Waals surface area contributed by atoms with Crippen LogP contribution in [-0.2, 0) is 4.79 Å². The van der Waals surface area contributed by atoms with Crippen LogP contribution >= 0.6 is 11.8 Å². The molecule has 2 N–H and O–H groups in total. The number of thioether (sulfide) groups is 1. The molecule has 0 radical (unpaired) electrons. The normalized spacial score (nSPS) is 9.82. The van der Waals surface area contributed by atoms with Crippen LogP contribution in [0.5, 0.6) is 0 Å². The van der Waals surface area contributed by atoms with E-state index >= 15 is 0 Å². The number of carbonyl (C=O) groups excluding carboxylic acids is 1. The Morgan fingerprint density at radius 1 is 1.36 bits per heavy atom. The Morgan fingerprint density at radius 3 is 2.95 bits per heavy atom. The van der Waals surface area contributed by atoms with E-state index < -0.39 is 0 Å². The van der Waals surface area contributed by atoms with E-state index in [1.165, 1.54) is 0 Å². The predicted octanol–water partition coefficient (Wildman–Crippen LogP) is 2.84. The standard InChI is InChI=1S/C15H15N5OS/c1-22-14-6-8-17-15(20-14)19-12-4-2-3-11(9-12)18-10-13(21)5-7-16/h2-4,6,8-9,18H,5,10H2,1H3,(H,17,19,20). The minimum Gasteiger partial charge on any atom is -0.378 e. The summed E-state index contributed by atoms with van der Waals surface area (Å²) in [5.74, 6) is 0.376. The van der Waals surface area contributed by atoms with Crippen LogP contribution in [0.2, 0.25) is 0 Å². The third-order valence-electron chi connectivity index (χ3n) is 2.72. The zero-order chi connectivity index (χ0) is 15.8. The molecule has 7 heteroatoms. The number of anilines is 3. The number of ketones is 1. The Balaban J connectivity index is 2.02. The van der Waals surface area contributed by atoms with Crippen molar-refractivity contribution < 1.29 is 4.79 Å². The van der Waals surface area contributed by atoms with Gasteiger partial charge in [-0.1, -0.05) is 6.07 Å². The number of aromatic nitrogens is 2. The van der Waals surface area contributed by atoms with Crippen LogP contribution in [0.15, 0.2) is 41.6 Å². The Bertz CT molecular complexity index is 698. The molecule has 0 aliphatic carbocycles. The lowest BCUT2D eigenvalue weighted by atomic mass is 10.2. The van der Waals surface area contributed by atoms with Gasteiger partial charge in [0.1, 0.15) is 5.03 Å². The van der Waals surface area contributed by atoms with Crippen LogP contribution in [0, 0.1) is 11.3 Å². The van der Waals surface area contributed by atoms with Crippen LogP contribution in [0.3, 0.4) is 0 Å². The number of rotatable bonds is 7. The zero-order valence-electron chi connectivity index (χ0n) is 12.0. The van der Waals surface area contributed by atoms with Crippen molar-refractivity contribution >= 4 is 34.9 Å². The fourth-order valence-electron chi connectivity index (χ4n) is 1.70. The summed E-state index contributed by atoms with van der Waals surface area (Å²) in [6, 6.07) is 11.1. The lowest BCUT2D eigenvalue weighted by Crippen LogP contribution is -2.12. The van der Waals surface area contributed by atoms with Crippen LogP contribution in [0.1, 0.15) is 6.42 Å². The molecule has 1 aromatic heterocycles. The largest absolute Gasteiger partial charge is 0.378 e. The van der Waals surface area contributed by atoms with Crippen molar-refractivity contribution in [1.29, 1.82) is 5.26 Å². The van der Waals surface area contributed by atoms with Gasteiger partial charge in [0.2, 0.25) is 5.95 Å². The molecule has 0 atom stereocenters. The molecule has 0 amide bonds. The van der Waals surface area contributed by atoms with Crippen molar-refractivity contribution in [2.75, 3.05) is 23.4 Å². The predicted molar refractivity (Wildman–Crippen MR) is 87.3 cm³/mol. The average Bonchev–Trinajstić information content (AvgIpc) is 2.54. The van der Waals surface area contributed by atoms with Crippen molar-refractivity contribution in [1.82, 2.24) is 9.97 Å². The molecule has 0 bridgehead atoms. The highest BCUT2D eigenvalue weighted by molar-refractivity contribution is 7.98. The van der Waals surface area contributed by atoms with Gasteiger partial charge in [0, 0.05) is 17.6 Å². The lowest BCUT2D eigenvalue weighted by Gasteiger charge is -2.09. The molecule has 22 heavy (non-hydrogen) atoms. The second-order valence-corrected chi connectivity index (χ2v) is 5.18. The molecule has 2 aromatic rings. The van der Waals surface area contributed by atoms with Crippen molar-refractivity contribution in [3.63, 3.8) is 0 Å². The van der Waals surface area contributed by atoms with E-state index in [-0.39, 0.29) is 18.7 Å². The molecule has 0 fully saturated rings. The van der Waals surface area contributed by atoms with Gasteiger partial charge in [0.15, 0.2) is 5.78 Å². The highest BCUT2D eigenvalue weighted by Crippen LogP contribution is 2.19. The fourth-order valence-corrected chi connectivity index (χ4v) is 2.08. The van der Waals surface area contributed by atoms with E-state index in [1.807, 2.05) is 42.7 Å². The van der Waals surface area contributed by atoms with Gasteiger partial charge >= 0.3 is 0 Å². The maximum absolute atomic E-state index is 11.3. The first-order valence-corrected chi connectivity index (χ1v) is 7.80. The zero-order valence-corrected chi connectivity index (χ0v) is 12.9.